The highest BCUT2D eigenvalue weighted by Gasteiger charge is 2.40. The molecule has 98 valence electrons. The fourth-order valence-corrected chi connectivity index (χ4v) is 4.10. The summed E-state index contributed by atoms with van der Waals surface area (Å²) in [6, 6.07) is 1.23. The highest BCUT2D eigenvalue weighted by atomic mass is 32.2. The van der Waals surface area contributed by atoms with Crippen LogP contribution in [0.25, 0.3) is 0 Å². The number of rotatable bonds is 4. The average molecular weight is 285 g/mol. The Balaban J connectivity index is 2.11. The van der Waals surface area contributed by atoms with Crippen molar-refractivity contribution in [1.82, 2.24) is 4.90 Å². The van der Waals surface area contributed by atoms with Crippen LogP contribution in [-0.4, -0.2) is 39.1 Å². The third-order valence-electron chi connectivity index (χ3n) is 2.95. The Hall–Kier alpha value is -1.01. The molecule has 1 aromatic heterocycles. The Morgan fingerprint density at radius 3 is 2.89 bits per heavy atom. The number of carbonyl (C=O) groups is 2. The summed E-state index contributed by atoms with van der Waals surface area (Å²) in [6.07, 6.45) is 1.08. The summed E-state index contributed by atoms with van der Waals surface area (Å²) in [7, 11) is 0. The SMILES string of the molecule is CCC1SCC(C(=O)O)N1C(=O)Cc1ccsc1. The first-order chi connectivity index (χ1) is 8.63. The molecule has 4 nitrogen and oxygen atoms in total. The number of carboxylic acids is 1. The Kier molecular flexibility index (Phi) is 4.29. The van der Waals surface area contributed by atoms with E-state index < -0.39 is 12.0 Å². The summed E-state index contributed by atoms with van der Waals surface area (Å²) in [4.78, 5) is 25.0. The van der Waals surface area contributed by atoms with Crippen LogP contribution in [0.2, 0.25) is 0 Å². The molecular formula is C12H15NO3S2. The van der Waals surface area contributed by atoms with Gasteiger partial charge in [-0.3, -0.25) is 4.79 Å². The molecule has 0 bridgehead atoms. The van der Waals surface area contributed by atoms with Crippen LogP contribution in [0.5, 0.6) is 0 Å². The maximum atomic E-state index is 12.3. The Morgan fingerprint density at radius 1 is 1.56 bits per heavy atom. The fourth-order valence-electron chi connectivity index (χ4n) is 2.06. The quantitative estimate of drug-likeness (QED) is 0.920. The van der Waals surface area contributed by atoms with Crippen molar-refractivity contribution in [2.45, 2.75) is 31.2 Å². The number of amides is 1. The molecule has 1 amide bonds. The molecule has 1 aromatic rings. The molecule has 1 saturated heterocycles. The molecule has 2 atom stereocenters. The second-order valence-electron chi connectivity index (χ2n) is 4.16. The van der Waals surface area contributed by atoms with E-state index in [-0.39, 0.29) is 11.3 Å². The van der Waals surface area contributed by atoms with Crippen molar-refractivity contribution >= 4 is 35.0 Å². The van der Waals surface area contributed by atoms with Gasteiger partial charge in [0, 0.05) is 5.75 Å². The van der Waals surface area contributed by atoms with Crippen LogP contribution in [0, 0.1) is 0 Å². The largest absolute Gasteiger partial charge is 0.480 e. The predicted octanol–water partition coefficient (Wildman–Crippen LogP) is 2.06. The summed E-state index contributed by atoms with van der Waals surface area (Å²) in [6.45, 7) is 1.98. The van der Waals surface area contributed by atoms with Crippen molar-refractivity contribution in [2.24, 2.45) is 0 Å². The number of nitrogens with zero attached hydrogens (tertiary/aromatic N) is 1. The van der Waals surface area contributed by atoms with E-state index in [4.69, 9.17) is 5.11 Å². The van der Waals surface area contributed by atoms with E-state index >= 15 is 0 Å². The van der Waals surface area contributed by atoms with Gasteiger partial charge in [0.2, 0.25) is 5.91 Å². The van der Waals surface area contributed by atoms with Crippen molar-refractivity contribution in [2.75, 3.05) is 5.75 Å². The fraction of sp³-hybridized carbons (Fsp3) is 0.500. The molecule has 1 fully saturated rings. The van der Waals surface area contributed by atoms with Crippen molar-refractivity contribution in [3.63, 3.8) is 0 Å². The Labute approximate surface area is 114 Å². The number of hydrogen-bond donors (Lipinski definition) is 1. The Morgan fingerprint density at radius 2 is 2.33 bits per heavy atom. The predicted molar refractivity (Wildman–Crippen MR) is 72.8 cm³/mol. The van der Waals surface area contributed by atoms with Crippen molar-refractivity contribution in [3.8, 4) is 0 Å². The zero-order valence-corrected chi connectivity index (χ0v) is 11.7. The number of aliphatic carboxylic acids is 1. The van der Waals surface area contributed by atoms with Gasteiger partial charge in [0.1, 0.15) is 6.04 Å². The minimum atomic E-state index is -0.905. The van der Waals surface area contributed by atoms with E-state index in [2.05, 4.69) is 0 Å². The highest BCUT2D eigenvalue weighted by Crippen LogP contribution is 2.32. The first kappa shape index (κ1) is 13.4. The van der Waals surface area contributed by atoms with Gasteiger partial charge in [-0.1, -0.05) is 6.92 Å². The number of thioether (sulfide) groups is 1. The summed E-state index contributed by atoms with van der Waals surface area (Å²) in [5.41, 5.74) is 0.959. The molecule has 0 spiro atoms. The summed E-state index contributed by atoms with van der Waals surface area (Å²) < 4.78 is 0. The molecule has 6 heteroatoms. The molecule has 2 heterocycles. The third-order valence-corrected chi connectivity index (χ3v) is 5.14. The standard InChI is InChI=1S/C12H15NO3S2/c1-2-11-13(9(7-18-11)12(15)16)10(14)5-8-3-4-17-6-8/h3-4,6,9,11H,2,5,7H2,1H3,(H,15,16). The van der Waals surface area contributed by atoms with Gasteiger partial charge in [-0.15, -0.1) is 11.8 Å². The van der Waals surface area contributed by atoms with Crippen LogP contribution < -0.4 is 0 Å². The monoisotopic (exact) mass is 285 g/mol. The molecule has 1 aliphatic rings. The number of carbonyl (C=O) groups excluding carboxylic acids is 1. The van der Waals surface area contributed by atoms with Crippen LogP contribution >= 0.6 is 23.1 Å². The lowest BCUT2D eigenvalue weighted by Gasteiger charge is -2.26. The van der Waals surface area contributed by atoms with Crippen LogP contribution in [0.4, 0.5) is 0 Å². The zero-order valence-electron chi connectivity index (χ0n) is 10.0. The van der Waals surface area contributed by atoms with Gasteiger partial charge < -0.3 is 10.0 Å². The molecule has 0 saturated carbocycles. The molecular weight excluding hydrogens is 270 g/mol. The lowest BCUT2D eigenvalue weighted by atomic mass is 10.2. The number of hydrogen-bond acceptors (Lipinski definition) is 4. The van der Waals surface area contributed by atoms with Crippen molar-refractivity contribution in [1.29, 1.82) is 0 Å². The minimum absolute atomic E-state index is 0.00256. The van der Waals surface area contributed by atoms with Gasteiger partial charge in [0.25, 0.3) is 0 Å². The van der Waals surface area contributed by atoms with Crippen LogP contribution in [0.3, 0.4) is 0 Å². The van der Waals surface area contributed by atoms with E-state index in [1.807, 2.05) is 23.8 Å². The lowest BCUT2D eigenvalue weighted by Crippen LogP contribution is -2.46. The molecule has 0 aliphatic carbocycles. The van der Waals surface area contributed by atoms with Gasteiger partial charge in [-0.05, 0) is 28.8 Å². The van der Waals surface area contributed by atoms with E-state index in [0.29, 0.717) is 12.2 Å². The van der Waals surface area contributed by atoms with Crippen LogP contribution in [-0.2, 0) is 16.0 Å². The second kappa shape index (κ2) is 5.75. The summed E-state index contributed by atoms with van der Waals surface area (Å²) in [5, 5.41) is 13.0. The molecule has 2 rings (SSSR count). The van der Waals surface area contributed by atoms with E-state index in [1.54, 1.807) is 28.0 Å². The molecule has 0 radical (unpaired) electrons. The van der Waals surface area contributed by atoms with Crippen molar-refractivity contribution in [3.05, 3.63) is 22.4 Å². The van der Waals surface area contributed by atoms with Gasteiger partial charge in [0.05, 0.1) is 11.8 Å². The van der Waals surface area contributed by atoms with Gasteiger partial charge in [0.15, 0.2) is 0 Å². The number of thiophene rings is 1. The van der Waals surface area contributed by atoms with E-state index in [9.17, 15) is 9.59 Å². The van der Waals surface area contributed by atoms with E-state index in [1.165, 1.54) is 0 Å². The summed E-state index contributed by atoms with van der Waals surface area (Å²) >= 11 is 3.10. The number of carboxylic acid groups (broad SMARTS) is 1. The maximum Gasteiger partial charge on any atom is 0.327 e. The molecule has 1 aliphatic heterocycles. The summed E-state index contributed by atoms with van der Waals surface area (Å²) in [5.74, 6) is -0.502. The third kappa shape index (κ3) is 2.70. The zero-order chi connectivity index (χ0) is 13.1. The average Bonchev–Trinajstić information content (AvgIpc) is 2.95. The smallest absolute Gasteiger partial charge is 0.327 e. The van der Waals surface area contributed by atoms with E-state index in [0.717, 1.165) is 12.0 Å². The van der Waals surface area contributed by atoms with Crippen LogP contribution in [0.1, 0.15) is 18.9 Å². The molecule has 1 N–H and O–H groups in total. The molecule has 0 aromatic carbocycles. The first-order valence-electron chi connectivity index (χ1n) is 5.80. The second-order valence-corrected chi connectivity index (χ2v) is 6.15. The van der Waals surface area contributed by atoms with Gasteiger partial charge >= 0.3 is 5.97 Å². The van der Waals surface area contributed by atoms with Crippen molar-refractivity contribution < 1.29 is 14.7 Å². The maximum absolute atomic E-state index is 12.3. The lowest BCUT2D eigenvalue weighted by molar-refractivity contribution is -0.148. The van der Waals surface area contributed by atoms with Gasteiger partial charge in [-0.25, -0.2) is 4.79 Å². The van der Waals surface area contributed by atoms with Crippen LogP contribution in [0.15, 0.2) is 16.8 Å². The normalized spacial score (nSPS) is 23.3. The highest BCUT2D eigenvalue weighted by molar-refractivity contribution is 8.00. The molecule has 18 heavy (non-hydrogen) atoms. The Bertz CT molecular complexity index is 433. The first-order valence-corrected chi connectivity index (χ1v) is 7.79. The van der Waals surface area contributed by atoms with Gasteiger partial charge in [-0.2, -0.15) is 11.3 Å². The minimum Gasteiger partial charge on any atom is -0.480 e. The topological polar surface area (TPSA) is 57.6 Å². The molecule has 2 unspecified atom stereocenters.